The van der Waals surface area contributed by atoms with Crippen LogP contribution in [0.5, 0.6) is 0 Å². The van der Waals surface area contributed by atoms with Gasteiger partial charge in [0.15, 0.2) is 5.65 Å². The van der Waals surface area contributed by atoms with E-state index >= 15 is 0 Å². The van der Waals surface area contributed by atoms with E-state index in [1.165, 1.54) is 0 Å². The molecule has 0 aliphatic rings. The third-order valence-corrected chi connectivity index (χ3v) is 5.83. The van der Waals surface area contributed by atoms with E-state index in [4.69, 9.17) is 0 Å². The number of aromatic nitrogens is 5. The molecule has 0 aliphatic heterocycles. The van der Waals surface area contributed by atoms with Crippen LogP contribution in [0, 0.1) is 6.92 Å². The number of carbonyl (C=O) groups excluding carboxylic acids is 1. The van der Waals surface area contributed by atoms with E-state index < -0.39 is 0 Å². The second-order valence-electron chi connectivity index (χ2n) is 6.81. The van der Waals surface area contributed by atoms with Crippen molar-refractivity contribution in [1.29, 1.82) is 0 Å². The number of hydrogen-bond acceptors (Lipinski definition) is 5. The number of para-hydroxylation sites is 2. The van der Waals surface area contributed by atoms with E-state index in [2.05, 4.69) is 26.4 Å². The molecule has 0 saturated carbocycles. The largest absolute Gasteiger partial charge is 0.313 e. The van der Waals surface area contributed by atoms with Crippen LogP contribution in [0.25, 0.3) is 32.5 Å². The highest BCUT2D eigenvalue weighted by Crippen LogP contribution is 2.32. The van der Waals surface area contributed by atoms with Gasteiger partial charge in [0.2, 0.25) is 11.9 Å². The van der Waals surface area contributed by atoms with E-state index in [1.807, 2.05) is 60.3 Å². The maximum Gasteiger partial charge on any atom is 0.248 e. The molecule has 29 heavy (non-hydrogen) atoms. The smallest absolute Gasteiger partial charge is 0.248 e. The SMILES string of the molecule is Cc1nn(CC(=O)Nc2nc3ccccc3n2C)c2nccc(-c3cccs3)c12. The lowest BCUT2D eigenvalue weighted by molar-refractivity contribution is -0.116. The summed E-state index contributed by atoms with van der Waals surface area (Å²) in [5.41, 5.74) is 4.45. The van der Waals surface area contributed by atoms with Crippen molar-refractivity contribution in [3.63, 3.8) is 0 Å². The molecule has 0 unspecified atom stereocenters. The van der Waals surface area contributed by atoms with E-state index in [0.717, 1.165) is 32.6 Å². The second-order valence-corrected chi connectivity index (χ2v) is 7.76. The molecule has 144 valence electrons. The fraction of sp³-hybridized carbons (Fsp3) is 0.143. The van der Waals surface area contributed by atoms with Gasteiger partial charge < -0.3 is 4.57 Å². The van der Waals surface area contributed by atoms with Crippen molar-refractivity contribution < 1.29 is 4.79 Å². The summed E-state index contributed by atoms with van der Waals surface area (Å²) >= 11 is 1.67. The van der Waals surface area contributed by atoms with Crippen LogP contribution in [0.15, 0.2) is 54.0 Å². The fourth-order valence-electron chi connectivity index (χ4n) is 3.59. The van der Waals surface area contributed by atoms with E-state index in [9.17, 15) is 4.79 Å². The minimum atomic E-state index is -0.198. The Kier molecular flexibility index (Phi) is 4.13. The van der Waals surface area contributed by atoms with Crippen molar-refractivity contribution in [1.82, 2.24) is 24.3 Å². The highest BCUT2D eigenvalue weighted by Gasteiger charge is 2.17. The van der Waals surface area contributed by atoms with Gasteiger partial charge in [0, 0.05) is 23.7 Å². The Morgan fingerprint density at radius 3 is 2.83 bits per heavy atom. The van der Waals surface area contributed by atoms with Crippen LogP contribution in [-0.2, 0) is 18.4 Å². The number of benzene rings is 1. The standard InChI is InChI=1S/C21H18N6OS/c1-13-19-14(17-8-5-11-29-17)9-10-22-20(19)27(25-13)12-18(28)24-21-23-15-6-3-4-7-16(15)26(21)2/h3-11H,12H2,1-2H3,(H,23,24,28). The van der Waals surface area contributed by atoms with Crippen LogP contribution in [0.4, 0.5) is 5.95 Å². The lowest BCUT2D eigenvalue weighted by atomic mass is 10.1. The van der Waals surface area contributed by atoms with Crippen molar-refractivity contribution >= 4 is 45.3 Å². The summed E-state index contributed by atoms with van der Waals surface area (Å²) in [6.45, 7) is 2.01. The molecule has 0 aliphatic carbocycles. The van der Waals surface area contributed by atoms with Gasteiger partial charge in [0.1, 0.15) is 6.54 Å². The Bertz CT molecular complexity index is 1350. The van der Waals surface area contributed by atoms with Crippen molar-refractivity contribution in [2.24, 2.45) is 7.05 Å². The number of rotatable bonds is 4. The van der Waals surface area contributed by atoms with Gasteiger partial charge >= 0.3 is 0 Å². The Balaban J connectivity index is 1.46. The normalized spacial score (nSPS) is 11.4. The highest BCUT2D eigenvalue weighted by atomic mass is 32.1. The monoisotopic (exact) mass is 402 g/mol. The lowest BCUT2D eigenvalue weighted by Gasteiger charge is -2.06. The molecule has 7 nitrogen and oxygen atoms in total. The van der Waals surface area contributed by atoms with Gasteiger partial charge in [0.05, 0.1) is 22.1 Å². The van der Waals surface area contributed by atoms with Crippen LogP contribution in [-0.4, -0.2) is 30.2 Å². The van der Waals surface area contributed by atoms with E-state index in [-0.39, 0.29) is 12.5 Å². The number of fused-ring (bicyclic) bond motifs is 2. The number of hydrogen-bond donors (Lipinski definition) is 1. The molecule has 1 amide bonds. The average Bonchev–Trinajstić information content (AvgIpc) is 3.43. The number of aryl methyl sites for hydroxylation is 2. The third-order valence-electron chi connectivity index (χ3n) is 4.93. The van der Waals surface area contributed by atoms with Crippen molar-refractivity contribution in [3.05, 3.63) is 59.7 Å². The number of amides is 1. The van der Waals surface area contributed by atoms with Crippen LogP contribution >= 0.6 is 11.3 Å². The summed E-state index contributed by atoms with van der Waals surface area (Å²) in [4.78, 5) is 22.9. The first kappa shape index (κ1) is 17.6. The van der Waals surface area contributed by atoms with Gasteiger partial charge in [0.25, 0.3) is 0 Å². The molecule has 0 atom stereocenters. The Hall–Kier alpha value is -3.52. The molecule has 8 heteroatoms. The van der Waals surface area contributed by atoms with Crippen molar-refractivity contribution in [2.75, 3.05) is 5.32 Å². The molecule has 5 aromatic rings. The van der Waals surface area contributed by atoms with Gasteiger partial charge in [-0.2, -0.15) is 5.10 Å². The van der Waals surface area contributed by atoms with Crippen LogP contribution < -0.4 is 5.32 Å². The molecule has 4 heterocycles. The van der Waals surface area contributed by atoms with Crippen molar-refractivity contribution in [3.8, 4) is 10.4 Å². The van der Waals surface area contributed by atoms with Gasteiger partial charge in [-0.1, -0.05) is 18.2 Å². The number of imidazole rings is 1. The number of nitrogens with zero attached hydrogens (tertiary/aromatic N) is 5. The first-order valence-electron chi connectivity index (χ1n) is 9.19. The second kappa shape index (κ2) is 6.82. The van der Waals surface area contributed by atoms with Crippen LogP contribution in [0.3, 0.4) is 0 Å². The number of anilines is 1. The number of nitrogens with one attached hydrogen (secondary N) is 1. The van der Waals surface area contributed by atoms with Crippen LogP contribution in [0.2, 0.25) is 0 Å². The number of thiophene rings is 1. The molecular weight excluding hydrogens is 384 g/mol. The summed E-state index contributed by atoms with van der Waals surface area (Å²) in [5.74, 6) is 0.313. The maximum absolute atomic E-state index is 12.7. The summed E-state index contributed by atoms with van der Waals surface area (Å²) in [6.07, 6.45) is 1.76. The van der Waals surface area contributed by atoms with Gasteiger partial charge in [-0.15, -0.1) is 11.3 Å². The first-order chi connectivity index (χ1) is 14.1. The number of pyridine rings is 1. The topological polar surface area (TPSA) is 77.6 Å². The molecule has 0 fully saturated rings. The average molecular weight is 402 g/mol. The quantitative estimate of drug-likeness (QED) is 0.493. The molecule has 4 aromatic heterocycles. The number of carbonyl (C=O) groups is 1. The molecule has 0 saturated heterocycles. The molecule has 1 aromatic carbocycles. The zero-order valence-corrected chi connectivity index (χ0v) is 16.8. The minimum absolute atomic E-state index is 0.0639. The molecular formula is C21H18N6OS. The minimum Gasteiger partial charge on any atom is -0.313 e. The third kappa shape index (κ3) is 2.98. The summed E-state index contributed by atoms with van der Waals surface area (Å²) in [5, 5.41) is 10.5. The summed E-state index contributed by atoms with van der Waals surface area (Å²) < 4.78 is 3.52. The summed E-state index contributed by atoms with van der Waals surface area (Å²) in [7, 11) is 1.88. The lowest BCUT2D eigenvalue weighted by Crippen LogP contribution is -2.21. The van der Waals surface area contributed by atoms with Crippen LogP contribution in [0.1, 0.15) is 5.69 Å². The zero-order chi connectivity index (χ0) is 20.0. The fourth-order valence-corrected chi connectivity index (χ4v) is 4.34. The van der Waals surface area contributed by atoms with E-state index in [0.29, 0.717) is 11.6 Å². The van der Waals surface area contributed by atoms with Crippen molar-refractivity contribution in [2.45, 2.75) is 13.5 Å². The predicted molar refractivity (Wildman–Crippen MR) is 115 cm³/mol. The molecule has 0 radical (unpaired) electrons. The summed E-state index contributed by atoms with van der Waals surface area (Å²) in [6, 6.07) is 13.9. The molecule has 0 spiro atoms. The van der Waals surface area contributed by atoms with E-state index in [1.54, 1.807) is 22.2 Å². The zero-order valence-electron chi connectivity index (χ0n) is 16.0. The van der Waals surface area contributed by atoms with Gasteiger partial charge in [-0.3, -0.25) is 10.1 Å². The predicted octanol–water partition coefficient (Wildman–Crippen LogP) is 3.99. The van der Waals surface area contributed by atoms with Gasteiger partial charge in [-0.05, 0) is 36.6 Å². The molecule has 5 rings (SSSR count). The first-order valence-corrected chi connectivity index (χ1v) is 10.1. The highest BCUT2D eigenvalue weighted by molar-refractivity contribution is 7.13. The maximum atomic E-state index is 12.7. The molecule has 0 bridgehead atoms. The van der Waals surface area contributed by atoms with Gasteiger partial charge in [-0.25, -0.2) is 14.6 Å². The Morgan fingerprint density at radius 1 is 1.17 bits per heavy atom. The Morgan fingerprint density at radius 2 is 2.03 bits per heavy atom. The molecule has 1 N–H and O–H groups in total. The Labute approximate surface area is 170 Å².